The van der Waals surface area contributed by atoms with Crippen LogP contribution in [0.1, 0.15) is 57.4 Å². The van der Waals surface area contributed by atoms with Crippen LogP contribution in [0, 0.1) is 0 Å². The summed E-state index contributed by atoms with van der Waals surface area (Å²) in [5, 5.41) is 12.9. The molecule has 0 radical (unpaired) electrons. The first-order valence-electron chi connectivity index (χ1n) is 8.94. The molecule has 1 aliphatic carbocycles. The number of hydrogen-bond acceptors (Lipinski definition) is 1. The molecule has 2 aromatic carbocycles. The Hall–Kier alpha value is -1.82. The van der Waals surface area contributed by atoms with Gasteiger partial charge in [0.05, 0.1) is 6.10 Å². The summed E-state index contributed by atoms with van der Waals surface area (Å²) >= 11 is 0. The predicted octanol–water partition coefficient (Wildman–Crippen LogP) is 5.87. The predicted molar refractivity (Wildman–Crippen MR) is 98.4 cm³/mol. The molecule has 1 heteroatoms. The van der Waals surface area contributed by atoms with Crippen LogP contribution >= 0.6 is 0 Å². The largest absolute Gasteiger partial charge is 0.388 e. The highest BCUT2D eigenvalue weighted by atomic mass is 16.3. The Morgan fingerprint density at radius 1 is 1.13 bits per heavy atom. The molecule has 0 aromatic heterocycles. The minimum Gasteiger partial charge on any atom is -0.388 e. The van der Waals surface area contributed by atoms with Gasteiger partial charge in [0.15, 0.2) is 0 Å². The first-order chi connectivity index (χ1) is 11.3. The molecule has 0 heterocycles. The van der Waals surface area contributed by atoms with Crippen molar-refractivity contribution in [3.63, 3.8) is 0 Å². The summed E-state index contributed by atoms with van der Waals surface area (Å²) in [6.07, 6.45) is 7.25. The van der Waals surface area contributed by atoms with Crippen LogP contribution in [-0.2, 0) is 0 Å². The van der Waals surface area contributed by atoms with Gasteiger partial charge in [0.1, 0.15) is 0 Å². The number of benzene rings is 2. The maximum absolute atomic E-state index is 10.3. The molecule has 0 unspecified atom stereocenters. The first kappa shape index (κ1) is 16.1. The van der Waals surface area contributed by atoms with Crippen molar-refractivity contribution in [1.29, 1.82) is 0 Å². The van der Waals surface area contributed by atoms with Crippen molar-refractivity contribution in [2.75, 3.05) is 0 Å². The number of unbranched alkanes of at least 4 members (excludes halogenated alkanes) is 1. The van der Waals surface area contributed by atoms with Crippen molar-refractivity contribution >= 4 is 16.3 Å². The summed E-state index contributed by atoms with van der Waals surface area (Å²) in [4.78, 5) is 0. The third-order valence-corrected chi connectivity index (χ3v) is 4.78. The smallest absolute Gasteiger partial charge is 0.0823 e. The maximum atomic E-state index is 10.3. The molecule has 1 N–H and O–H groups in total. The molecule has 23 heavy (non-hydrogen) atoms. The third-order valence-electron chi connectivity index (χ3n) is 4.78. The topological polar surface area (TPSA) is 20.2 Å². The third kappa shape index (κ3) is 3.75. The second-order valence-electron chi connectivity index (χ2n) is 6.52. The molecule has 0 amide bonds. The number of fused-ring (bicyclic) bond motifs is 1. The van der Waals surface area contributed by atoms with Crippen LogP contribution in [0.15, 0.2) is 53.8 Å². The second-order valence-corrected chi connectivity index (χ2v) is 6.52. The second kappa shape index (κ2) is 7.64. The van der Waals surface area contributed by atoms with Crippen molar-refractivity contribution in [2.45, 2.75) is 58.0 Å². The minimum absolute atomic E-state index is 0.296. The quantitative estimate of drug-likeness (QED) is 0.700. The molecule has 1 atom stereocenters. The molecule has 1 saturated carbocycles. The summed E-state index contributed by atoms with van der Waals surface area (Å²) in [5.74, 6) is 0. The molecule has 1 nitrogen and oxygen atoms in total. The van der Waals surface area contributed by atoms with Crippen molar-refractivity contribution in [1.82, 2.24) is 0 Å². The minimum atomic E-state index is -0.296. The zero-order valence-electron chi connectivity index (χ0n) is 14.0. The van der Waals surface area contributed by atoms with E-state index in [0.717, 1.165) is 37.7 Å². The van der Waals surface area contributed by atoms with Crippen molar-refractivity contribution in [2.24, 2.45) is 0 Å². The van der Waals surface area contributed by atoms with E-state index in [1.165, 1.54) is 34.8 Å². The molecule has 0 spiro atoms. The number of hydrogen-bond donors (Lipinski definition) is 1. The Bertz CT molecular complexity index is 729. The van der Waals surface area contributed by atoms with Gasteiger partial charge in [-0.25, -0.2) is 0 Å². The Morgan fingerprint density at radius 2 is 1.96 bits per heavy atom. The number of aliphatic hydroxyl groups excluding tert-OH is 1. The standard InChI is InChI=1S/C22H26O/c1-2-3-9-18(16-19-11-5-7-15-22(19)23)21-14-8-12-17-10-4-6-13-20(17)21/h4,6,8,10,12-14,22-23H,2-3,5,7,9,11,15H2,1H3/t16?,22-/m1/s1. The fourth-order valence-corrected chi connectivity index (χ4v) is 3.44. The van der Waals surface area contributed by atoms with Gasteiger partial charge < -0.3 is 5.11 Å². The summed E-state index contributed by atoms with van der Waals surface area (Å²) in [6, 6.07) is 15.1. The van der Waals surface area contributed by atoms with E-state index in [4.69, 9.17) is 0 Å². The van der Waals surface area contributed by atoms with Gasteiger partial charge in [-0.15, -0.1) is 5.73 Å². The van der Waals surface area contributed by atoms with E-state index in [1.54, 1.807) is 0 Å². The summed E-state index contributed by atoms with van der Waals surface area (Å²) < 4.78 is 0. The highest BCUT2D eigenvalue weighted by Gasteiger charge is 2.16. The molecule has 0 aliphatic heterocycles. The van der Waals surface area contributed by atoms with Gasteiger partial charge in [-0.3, -0.25) is 0 Å². The SMILES string of the molecule is CCCCC(=C=C1CCCC[C@H]1O)c1cccc2ccccc12. The Balaban J connectivity index is 2.13. The van der Waals surface area contributed by atoms with Crippen molar-refractivity contribution in [3.8, 4) is 0 Å². The van der Waals surface area contributed by atoms with Gasteiger partial charge in [0, 0.05) is 11.1 Å². The lowest BCUT2D eigenvalue weighted by Gasteiger charge is -2.19. The zero-order chi connectivity index (χ0) is 16.1. The van der Waals surface area contributed by atoms with Crippen LogP contribution in [0.5, 0.6) is 0 Å². The normalized spacial score (nSPS) is 18.0. The number of aliphatic hydroxyl groups is 1. The van der Waals surface area contributed by atoms with Crippen LogP contribution in [0.4, 0.5) is 0 Å². The summed E-state index contributed by atoms with van der Waals surface area (Å²) in [6.45, 7) is 2.23. The molecular weight excluding hydrogens is 280 g/mol. The average molecular weight is 306 g/mol. The van der Waals surface area contributed by atoms with Crippen LogP contribution < -0.4 is 0 Å². The van der Waals surface area contributed by atoms with Gasteiger partial charge in [0.2, 0.25) is 0 Å². The van der Waals surface area contributed by atoms with Gasteiger partial charge in [-0.1, -0.05) is 62.2 Å². The van der Waals surface area contributed by atoms with E-state index in [2.05, 4.69) is 55.1 Å². The monoisotopic (exact) mass is 306 g/mol. The lowest BCUT2D eigenvalue weighted by Crippen LogP contribution is -2.14. The van der Waals surface area contributed by atoms with Gasteiger partial charge >= 0.3 is 0 Å². The number of rotatable bonds is 4. The Labute approximate surface area is 139 Å². The van der Waals surface area contributed by atoms with Gasteiger partial charge in [-0.05, 0) is 48.4 Å². The highest BCUT2D eigenvalue weighted by Crippen LogP contribution is 2.30. The van der Waals surface area contributed by atoms with Gasteiger partial charge in [0.25, 0.3) is 0 Å². The molecule has 2 aromatic rings. The van der Waals surface area contributed by atoms with Crippen LogP contribution in [0.2, 0.25) is 0 Å². The molecule has 3 rings (SSSR count). The molecule has 0 bridgehead atoms. The molecule has 1 fully saturated rings. The van der Waals surface area contributed by atoms with E-state index < -0.39 is 0 Å². The van der Waals surface area contributed by atoms with Crippen LogP contribution in [-0.4, -0.2) is 11.2 Å². The van der Waals surface area contributed by atoms with E-state index >= 15 is 0 Å². The molecule has 0 saturated heterocycles. The van der Waals surface area contributed by atoms with Crippen molar-refractivity contribution in [3.05, 3.63) is 59.3 Å². The zero-order valence-corrected chi connectivity index (χ0v) is 14.0. The van der Waals surface area contributed by atoms with E-state index in [0.29, 0.717) is 0 Å². The average Bonchev–Trinajstić information content (AvgIpc) is 2.60. The fraction of sp³-hybridized carbons (Fsp3) is 0.409. The Morgan fingerprint density at radius 3 is 2.78 bits per heavy atom. The first-order valence-corrected chi connectivity index (χ1v) is 8.94. The molecule has 1 aliphatic rings. The molecule has 120 valence electrons. The fourth-order valence-electron chi connectivity index (χ4n) is 3.44. The highest BCUT2D eigenvalue weighted by molar-refractivity contribution is 5.93. The summed E-state index contributed by atoms with van der Waals surface area (Å²) in [7, 11) is 0. The van der Waals surface area contributed by atoms with Crippen LogP contribution in [0.3, 0.4) is 0 Å². The summed E-state index contributed by atoms with van der Waals surface area (Å²) in [5.41, 5.74) is 7.28. The van der Waals surface area contributed by atoms with E-state index in [-0.39, 0.29) is 6.10 Å². The Kier molecular flexibility index (Phi) is 5.33. The van der Waals surface area contributed by atoms with E-state index in [9.17, 15) is 5.11 Å². The van der Waals surface area contributed by atoms with Crippen LogP contribution in [0.25, 0.3) is 16.3 Å². The van der Waals surface area contributed by atoms with Gasteiger partial charge in [-0.2, -0.15) is 0 Å². The lowest BCUT2D eigenvalue weighted by molar-refractivity contribution is 0.179. The maximum Gasteiger partial charge on any atom is 0.0823 e. The molecular formula is C22H26O. The van der Waals surface area contributed by atoms with E-state index in [1.807, 2.05) is 0 Å². The lowest BCUT2D eigenvalue weighted by atomic mass is 9.89. The van der Waals surface area contributed by atoms with Crippen molar-refractivity contribution < 1.29 is 5.11 Å².